The van der Waals surface area contributed by atoms with Crippen molar-refractivity contribution in [3.8, 4) is 0 Å². The van der Waals surface area contributed by atoms with Gasteiger partial charge < -0.3 is 10.1 Å². The van der Waals surface area contributed by atoms with Crippen molar-refractivity contribution >= 4 is 27.6 Å². The molecule has 0 spiro atoms. The highest BCUT2D eigenvalue weighted by molar-refractivity contribution is 7.89. The Hall–Kier alpha value is -3.70. The molecule has 7 nitrogen and oxygen atoms in total. The number of carbonyl (C=O) groups excluding carboxylic acids is 2. The van der Waals surface area contributed by atoms with Gasteiger partial charge in [0.25, 0.3) is 5.91 Å². The monoisotopic (exact) mass is 518 g/mol. The van der Waals surface area contributed by atoms with Crippen molar-refractivity contribution in [3.05, 3.63) is 95.3 Å². The SMILES string of the molecule is O=C(COC(=O)CC1c2ccccc2CCN1S(=O)(=O)c1ccc(F)cc1)Nc1c(F)cccc1F. The number of para-hydroxylation sites is 1. The van der Waals surface area contributed by atoms with E-state index in [0.717, 1.165) is 52.3 Å². The fourth-order valence-electron chi connectivity index (χ4n) is 4.03. The number of halogens is 3. The van der Waals surface area contributed by atoms with Gasteiger partial charge in [-0.25, -0.2) is 21.6 Å². The quantitative estimate of drug-likeness (QED) is 0.478. The second-order valence-electron chi connectivity index (χ2n) is 8.04. The molecule has 4 rings (SSSR count). The summed E-state index contributed by atoms with van der Waals surface area (Å²) in [6.45, 7) is -0.757. The van der Waals surface area contributed by atoms with E-state index in [9.17, 15) is 31.2 Å². The summed E-state index contributed by atoms with van der Waals surface area (Å²) in [7, 11) is -4.10. The Balaban J connectivity index is 1.50. The third-order valence-corrected chi connectivity index (χ3v) is 7.66. The van der Waals surface area contributed by atoms with Gasteiger partial charge >= 0.3 is 5.97 Å². The van der Waals surface area contributed by atoms with Crippen LogP contribution in [0.2, 0.25) is 0 Å². The first-order valence-corrected chi connectivity index (χ1v) is 12.4. The molecule has 3 aromatic carbocycles. The zero-order valence-corrected chi connectivity index (χ0v) is 19.6. The van der Waals surface area contributed by atoms with Crippen LogP contribution in [0.5, 0.6) is 0 Å². The number of hydrogen-bond donors (Lipinski definition) is 1. The minimum absolute atomic E-state index is 0.0711. The molecule has 1 N–H and O–H groups in total. The number of esters is 1. The summed E-state index contributed by atoms with van der Waals surface area (Å²) in [5, 5.41) is 2.01. The number of benzene rings is 3. The van der Waals surface area contributed by atoms with Crippen LogP contribution in [0.15, 0.2) is 71.6 Å². The van der Waals surface area contributed by atoms with Crippen LogP contribution in [-0.4, -0.2) is 37.8 Å². The van der Waals surface area contributed by atoms with Crippen LogP contribution in [0.3, 0.4) is 0 Å². The summed E-state index contributed by atoms with van der Waals surface area (Å²) in [5.41, 5.74) is 0.786. The number of rotatable bonds is 7. The van der Waals surface area contributed by atoms with E-state index in [0.29, 0.717) is 12.0 Å². The largest absolute Gasteiger partial charge is 0.456 e. The minimum atomic E-state index is -4.10. The highest BCUT2D eigenvalue weighted by Gasteiger charge is 2.38. The maximum Gasteiger partial charge on any atom is 0.308 e. The lowest BCUT2D eigenvalue weighted by molar-refractivity contribution is -0.148. The Labute approximate surface area is 205 Å². The molecule has 0 saturated carbocycles. The molecule has 36 heavy (non-hydrogen) atoms. The standard InChI is InChI=1S/C25H21F3N2O5S/c26-17-8-10-18(11-9-17)36(33,34)30-13-12-16-4-1-2-5-19(16)22(30)14-24(32)35-15-23(31)29-25-20(27)6-3-7-21(25)28/h1-11,22H,12-15H2,(H,29,31). The zero-order chi connectivity index (χ0) is 25.9. The van der Waals surface area contributed by atoms with Gasteiger partial charge in [-0.3, -0.25) is 9.59 Å². The molecular formula is C25H21F3N2O5S. The Morgan fingerprint density at radius 2 is 1.61 bits per heavy atom. The first-order valence-electron chi connectivity index (χ1n) is 10.9. The number of amides is 1. The van der Waals surface area contributed by atoms with Crippen LogP contribution >= 0.6 is 0 Å². The van der Waals surface area contributed by atoms with E-state index in [1.54, 1.807) is 18.2 Å². The number of carbonyl (C=O) groups is 2. The van der Waals surface area contributed by atoms with E-state index in [2.05, 4.69) is 0 Å². The number of hydrogen-bond acceptors (Lipinski definition) is 5. The Bertz CT molecular complexity index is 1380. The summed E-state index contributed by atoms with van der Waals surface area (Å²) < 4.78 is 73.7. The second-order valence-corrected chi connectivity index (χ2v) is 9.93. The molecule has 0 radical (unpaired) electrons. The predicted molar refractivity (Wildman–Crippen MR) is 124 cm³/mol. The molecule has 0 saturated heterocycles. The van der Waals surface area contributed by atoms with E-state index in [-0.39, 0.29) is 11.4 Å². The molecular weight excluding hydrogens is 497 g/mol. The average molecular weight is 519 g/mol. The molecule has 3 aromatic rings. The van der Waals surface area contributed by atoms with Crippen molar-refractivity contribution in [1.29, 1.82) is 0 Å². The number of sulfonamides is 1. The molecule has 1 atom stereocenters. The zero-order valence-electron chi connectivity index (χ0n) is 18.8. The number of nitrogens with one attached hydrogen (secondary N) is 1. The van der Waals surface area contributed by atoms with Gasteiger partial charge in [0, 0.05) is 6.54 Å². The van der Waals surface area contributed by atoms with Crippen molar-refractivity contribution in [3.63, 3.8) is 0 Å². The van der Waals surface area contributed by atoms with Gasteiger partial charge in [0.05, 0.1) is 17.4 Å². The summed E-state index contributed by atoms with van der Waals surface area (Å²) >= 11 is 0. The summed E-state index contributed by atoms with van der Waals surface area (Å²) in [4.78, 5) is 24.6. The van der Waals surface area contributed by atoms with E-state index >= 15 is 0 Å². The van der Waals surface area contributed by atoms with Crippen LogP contribution in [-0.2, 0) is 30.8 Å². The number of anilines is 1. The molecule has 188 valence electrons. The van der Waals surface area contributed by atoms with Crippen molar-refractivity contribution < 1.29 is 35.9 Å². The van der Waals surface area contributed by atoms with Crippen LogP contribution in [0.4, 0.5) is 18.9 Å². The highest BCUT2D eigenvalue weighted by atomic mass is 32.2. The third-order valence-electron chi connectivity index (χ3n) is 5.73. The summed E-state index contributed by atoms with van der Waals surface area (Å²) in [6, 6.07) is 13.5. The smallest absolute Gasteiger partial charge is 0.308 e. The Kier molecular flexibility index (Phi) is 7.41. The van der Waals surface area contributed by atoms with Gasteiger partial charge in [0.2, 0.25) is 10.0 Å². The lowest BCUT2D eigenvalue weighted by atomic mass is 9.92. The van der Waals surface area contributed by atoms with Gasteiger partial charge in [-0.05, 0) is 53.9 Å². The molecule has 0 aromatic heterocycles. The molecule has 0 aliphatic carbocycles. The molecule has 1 aliphatic rings. The molecule has 1 heterocycles. The molecule has 11 heteroatoms. The highest BCUT2D eigenvalue weighted by Crippen LogP contribution is 2.36. The number of fused-ring (bicyclic) bond motifs is 1. The second kappa shape index (κ2) is 10.5. The van der Waals surface area contributed by atoms with Crippen LogP contribution < -0.4 is 5.32 Å². The van der Waals surface area contributed by atoms with Crippen molar-refractivity contribution in [1.82, 2.24) is 4.31 Å². The van der Waals surface area contributed by atoms with Gasteiger partial charge in [-0.1, -0.05) is 30.3 Å². The van der Waals surface area contributed by atoms with Gasteiger partial charge in [-0.2, -0.15) is 4.31 Å². The normalized spacial score (nSPS) is 15.7. The van der Waals surface area contributed by atoms with Gasteiger partial charge in [-0.15, -0.1) is 0 Å². The lowest BCUT2D eigenvalue weighted by Crippen LogP contribution is -2.41. The van der Waals surface area contributed by atoms with Crippen LogP contribution in [0, 0.1) is 17.5 Å². The Morgan fingerprint density at radius 1 is 0.944 bits per heavy atom. The van der Waals surface area contributed by atoms with E-state index < -0.39 is 64.1 Å². The van der Waals surface area contributed by atoms with Crippen molar-refractivity contribution in [2.75, 3.05) is 18.5 Å². The fraction of sp³-hybridized carbons (Fsp3) is 0.200. The van der Waals surface area contributed by atoms with E-state index in [4.69, 9.17) is 4.74 Å². The van der Waals surface area contributed by atoms with Crippen molar-refractivity contribution in [2.24, 2.45) is 0 Å². The fourth-order valence-corrected chi connectivity index (χ4v) is 5.63. The number of nitrogens with zero attached hydrogens (tertiary/aromatic N) is 1. The molecule has 1 amide bonds. The lowest BCUT2D eigenvalue weighted by Gasteiger charge is -2.36. The summed E-state index contributed by atoms with van der Waals surface area (Å²) in [6.07, 6.45) is -0.0163. The predicted octanol–water partition coefficient (Wildman–Crippen LogP) is 3.96. The molecule has 0 fully saturated rings. The van der Waals surface area contributed by atoms with Gasteiger partial charge in [0.1, 0.15) is 23.1 Å². The molecule has 0 bridgehead atoms. The van der Waals surface area contributed by atoms with Crippen molar-refractivity contribution in [2.45, 2.75) is 23.8 Å². The molecule has 1 unspecified atom stereocenters. The topological polar surface area (TPSA) is 92.8 Å². The number of ether oxygens (including phenoxy) is 1. The minimum Gasteiger partial charge on any atom is -0.456 e. The van der Waals surface area contributed by atoms with E-state index in [1.165, 1.54) is 0 Å². The first kappa shape index (κ1) is 25.4. The van der Waals surface area contributed by atoms with Gasteiger partial charge in [0.15, 0.2) is 6.61 Å². The maximum atomic E-state index is 13.7. The summed E-state index contributed by atoms with van der Waals surface area (Å²) in [5.74, 6) is -4.43. The van der Waals surface area contributed by atoms with Crippen LogP contribution in [0.25, 0.3) is 0 Å². The third kappa shape index (κ3) is 5.42. The van der Waals surface area contributed by atoms with E-state index in [1.807, 2.05) is 11.4 Å². The average Bonchev–Trinajstić information content (AvgIpc) is 2.85. The van der Waals surface area contributed by atoms with Crippen LogP contribution in [0.1, 0.15) is 23.6 Å². The maximum absolute atomic E-state index is 13.7. The first-order chi connectivity index (χ1) is 17.2. The Morgan fingerprint density at radius 3 is 2.31 bits per heavy atom. The molecule has 1 aliphatic heterocycles.